The summed E-state index contributed by atoms with van der Waals surface area (Å²) in [7, 11) is 0. The molecule has 0 aliphatic rings. The van der Waals surface area contributed by atoms with Gasteiger partial charge in [0, 0.05) is 10.0 Å². The molecule has 0 spiro atoms. The van der Waals surface area contributed by atoms with Crippen molar-refractivity contribution in [2.24, 2.45) is 5.73 Å². The number of hydrogen-bond acceptors (Lipinski definition) is 2. The smallest absolute Gasteiger partial charge is 0.277 e. The molecule has 1 amide bonds. The van der Waals surface area contributed by atoms with Gasteiger partial charge >= 0.3 is 0 Å². The number of nitrogens with two attached hydrogens (primary N) is 1. The van der Waals surface area contributed by atoms with Crippen molar-refractivity contribution < 1.29 is 13.6 Å². The molecule has 0 saturated heterocycles. The molecule has 1 aromatic rings. The molecule has 1 aromatic carbocycles. The lowest BCUT2D eigenvalue weighted by atomic mass is 10.1. The summed E-state index contributed by atoms with van der Waals surface area (Å²) < 4.78 is 26.5. The molecule has 0 fully saturated rings. The normalized spacial score (nSPS) is 10.7. The number of alkyl halides is 2. The number of carbonyl (C=O) groups is 1. The second-order valence-electron chi connectivity index (χ2n) is 3.70. The van der Waals surface area contributed by atoms with Crippen LogP contribution in [0.1, 0.15) is 15.9 Å². The number of benzene rings is 1. The average Bonchev–Trinajstić information content (AvgIpc) is 2.26. The van der Waals surface area contributed by atoms with Gasteiger partial charge in [0.05, 0.1) is 13.1 Å². The number of carbonyl (C=O) groups excluding carboxylic acids is 1. The zero-order valence-corrected chi connectivity index (χ0v) is 12.1. The Kier molecular flexibility index (Phi) is 6.73. The highest BCUT2D eigenvalue weighted by molar-refractivity contribution is 9.10. The molecule has 1 rings (SSSR count). The lowest BCUT2D eigenvalue weighted by molar-refractivity contribution is 0.0118. The van der Waals surface area contributed by atoms with Crippen LogP contribution >= 0.6 is 28.3 Å². The van der Waals surface area contributed by atoms with Gasteiger partial charge in [0.15, 0.2) is 0 Å². The van der Waals surface area contributed by atoms with E-state index in [1.807, 2.05) is 0 Å². The molecule has 0 aliphatic carbocycles. The van der Waals surface area contributed by atoms with Gasteiger partial charge in [0.25, 0.3) is 11.8 Å². The van der Waals surface area contributed by atoms with Crippen LogP contribution in [0, 0.1) is 6.92 Å². The van der Waals surface area contributed by atoms with E-state index >= 15 is 0 Å². The zero-order valence-electron chi connectivity index (χ0n) is 9.67. The molecular weight excluding hydrogens is 329 g/mol. The second kappa shape index (κ2) is 7.01. The molecule has 0 saturated carbocycles. The van der Waals surface area contributed by atoms with E-state index in [9.17, 15) is 13.6 Å². The van der Waals surface area contributed by atoms with Crippen LogP contribution in [-0.4, -0.2) is 24.9 Å². The molecule has 0 aromatic heterocycles. The Labute approximate surface area is 119 Å². The minimum atomic E-state index is -3.07. The van der Waals surface area contributed by atoms with E-state index in [0.29, 0.717) is 11.1 Å². The Hall–Kier alpha value is -0.720. The summed E-state index contributed by atoms with van der Waals surface area (Å²) in [4.78, 5) is 11.6. The monoisotopic (exact) mass is 342 g/mol. The van der Waals surface area contributed by atoms with E-state index in [0.717, 1.165) is 4.47 Å². The van der Waals surface area contributed by atoms with Gasteiger partial charge < -0.3 is 11.1 Å². The molecule has 0 atom stereocenters. The third-order valence-electron chi connectivity index (χ3n) is 2.24. The van der Waals surface area contributed by atoms with Crippen LogP contribution in [0.25, 0.3) is 0 Å². The maximum atomic E-state index is 12.8. The van der Waals surface area contributed by atoms with Gasteiger partial charge in [-0.15, -0.1) is 12.4 Å². The van der Waals surface area contributed by atoms with Gasteiger partial charge in [-0.25, -0.2) is 8.78 Å². The number of nitrogens with one attached hydrogen (secondary N) is 1. The fourth-order valence-corrected chi connectivity index (χ4v) is 1.73. The number of amides is 1. The fourth-order valence-electron chi connectivity index (χ4n) is 1.26. The van der Waals surface area contributed by atoms with Gasteiger partial charge in [0.2, 0.25) is 0 Å². The number of aryl methyl sites for hydroxylation is 1. The Morgan fingerprint density at radius 1 is 1.50 bits per heavy atom. The first-order valence-electron chi connectivity index (χ1n) is 4.98. The van der Waals surface area contributed by atoms with Crippen molar-refractivity contribution in [1.29, 1.82) is 0 Å². The van der Waals surface area contributed by atoms with E-state index in [2.05, 4.69) is 21.2 Å². The molecule has 7 heteroatoms. The molecule has 3 nitrogen and oxygen atoms in total. The SMILES string of the molecule is Cc1cc(Br)ccc1C(=O)NCC(F)(F)CN.Cl. The summed E-state index contributed by atoms with van der Waals surface area (Å²) in [5.74, 6) is -3.60. The maximum absolute atomic E-state index is 12.8. The molecule has 3 N–H and O–H groups in total. The number of rotatable bonds is 4. The Morgan fingerprint density at radius 2 is 2.11 bits per heavy atom. The van der Waals surface area contributed by atoms with Crippen molar-refractivity contribution in [3.05, 3.63) is 33.8 Å². The largest absolute Gasteiger partial charge is 0.346 e. The van der Waals surface area contributed by atoms with Gasteiger partial charge in [-0.05, 0) is 30.7 Å². The number of halogens is 4. The zero-order chi connectivity index (χ0) is 13.1. The van der Waals surface area contributed by atoms with Gasteiger partial charge in [0.1, 0.15) is 0 Å². The highest BCUT2D eigenvalue weighted by Gasteiger charge is 2.27. The minimum absolute atomic E-state index is 0. The Balaban J connectivity index is 0.00000289. The predicted molar refractivity (Wildman–Crippen MR) is 72.5 cm³/mol. The van der Waals surface area contributed by atoms with Crippen molar-refractivity contribution in [1.82, 2.24) is 5.32 Å². The molecule has 0 bridgehead atoms. The molecule has 102 valence electrons. The van der Waals surface area contributed by atoms with Crippen LogP contribution in [0.5, 0.6) is 0 Å². The standard InChI is InChI=1S/C11H13BrF2N2O.ClH/c1-7-4-8(12)2-3-9(7)10(17)16-6-11(13,14)5-15;/h2-4H,5-6,15H2,1H3,(H,16,17);1H. The van der Waals surface area contributed by atoms with Crippen molar-refractivity contribution >= 4 is 34.2 Å². The highest BCUT2D eigenvalue weighted by Crippen LogP contribution is 2.16. The van der Waals surface area contributed by atoms with Gasteiger partial charge in [-0.3, -0.25) is 4.79 Å². The average molecular weight is 344 g/mol. The van der Waals surface area contributed by atoms with E-state index in [-0.39, 0.29) is 12.4 Å². The second-order valence-corrected chi connectivity index (χ2v) is 4.62. The van der Waals surface area contributed by atoms with Crippen LogP contribution in [-0.2, 0) is 0 Å². The predicted octanol–water partition coefficient (Wildman–Crippen LogP) is 2.50. The first-order valence-corrected chi connectivity index (χ1v) is 5.77. The van der Waals surface area contributed by atoms with Crippen molar-refractivity contribution in [3.8, 4) is 0 Å². The molecule has 0 unspecified atom stereocenters. The van der Waals surface area contributed by atoms with Crippen LogP contribution in [0.15, 0.2) is 22.7 Å². The molecule has 0 radical (unpaired) electrons. The Morgan fingerprint density at radius 3 is 2.61 bits per heavy atom. The molecule has 0 aliphatic heterocycles. The lowest BCUT2D eigenvalue weighted by Gasteiger charge is -2.15. The molecule has 0 heterocycles. The first kappa shape index (κ1) is 17.3. The van der Waals surface area contributed by atoms with Crippen molar-refractivity contribution in [2.75, 3.05) is 13.1 Å². The van der Waals surface area contributed by atoms with Crippen molar-refractivity contribution in [3.63, 3.8) is 0 Å². The minimum Gasteiger partial charge on any atom is -0.346 e. The summed E-state index contributed by atoms with van der Waals surface area (Å²) >= 11 is 3.26. The van der Waals surface area contributed by atoms with Gasteiger partial charge in [-0.1, -0.05) is 15.9 Å². The summed E-state index contributed by atoms with van der Waals surface area (Å²) in [5.41, 5.74) is 5.97. The lowest BCUT2D eigenvalue weighted by Crippen LogP contribution is -2.41. The molecular formula is C11H14BrClF2N2O. The quantitative estimate of drug-likeness (QED) is 0.882. The van der Waals surface area contributed by atoms with E-state index in [1.54, 1.807) is 25.1 Å². The van der Waals surface area contributed by atoms with Crippen LogP contribution < -0.4 is 11.1 Å². The summed E-state index contributed by atoms with van der Waals surface area (Å²) in [6.07, 6.45) is 0. The summed E-state index contributed by atoms with van der Waals surface area (Å²) in [6, 6.07) is 5.01. The topological polar surface area (TPSA) is 55.1 Å². The number of hydrogen-bond donors (Lipinski definition) is 2. The summed E-state index contributed by atoms with van der Waals surface area (Å²) in [6.45, 7) is 0.200. The van der Waals surface area contributed by atoms with E-state index in [1.165, 1.54) is 0 Å². The van der Waals surface area contributed by atoms with Crippen molar-refractivity contribution in [2.45, 2.75) is 12.8 Å². The fraction of sp³-hybridized carbons (Fsp3) is 0.364. The Bertz CT molecular complexity index is 430. The third-order valence-corrected chi connectivity index (χ3v) is 2.73. The third kappa shape index (κ3) is 4.88. The maximum Gasteiger partial charge on any atom is 0.277 e. The van der Waals surface area contributed by atoms with E-state index in [4.69, 9.17) is 5.73 Å². The van der Waals surface area contributed by atoms with Gasteiger partial charge in [-0.2, -0.15) is 0 Å². The van der Waals surface area contributed by atoms with Crippen LogP contribution in [0.3, 0.4) is 0 Å². The van der Waals surface area contributed by atoms with E-state index < -0.39 is 24.9 Å². The van der Waals surface area contributed by atoms with Crippen LogP contribution in [0.4, 0.5) is 8.78 Å². The highest BCUT2D eigenvalue weighted by atomic mass is 79.9. The first-order chi connectivity index (χ1) is 7.85. The summed E-state index contributed by atoms with van der Waals surface area (Å²) in [5, 5.41) is 2.17. The molecule has 18 heavy (non-hydrogen) atoms. The van der Waals surface area contributed by atoms with Crippen LogP contribution in [0.2, 0.25) is 0 Å².